The van der Waals surface area contributed by atoms with Crippen molar-refractivity contribution < 1.29 is 4.79 Å². The van der Waals surface area contributed by atoms with E-state index in [-0.39, 0.29) is 18.4 Å². The van der Waals surface area contributed by atoms with E-state index in [1.54, 1.807) is 0 Å². The molecule has 154 valence electrons. The highest BCUT2D eigenvalue weighted by Gasteiger charge is 2.29. The van der Waals surface area contributed by atoms with Gasteiger partial charge in [-0.05, 0) is 30.9 Å². The van der Waals surface area contributed by atoms with Crippen LogP contribution in [0.4, 0.5) is 5.95 Å². The largest absolute Gasteiger partial charge is 0.351 e. The van der Waals surface area contributed by atoms with E-state index in [1.807, 2.05) is 42.6 Å². The van der Waals surface area contributed by atoms with E-state index >= 15 is 0 Å². The molecule has 3 aromatic rings. The Morgan fingerprint density at radius 1 is 1.13 bits per heavy atom. The summed E-state index contributed by atoms with van der Waals surface area (Å²) in [7, 11) is 0. The Balaban J connectivity index is 1.13. The third-order valence-corrected chi connectivity index (χ3v) is 5.61. The molecule has 0 radical (unpaired) electrons. The van der Waals surface area contributed by atoms with E-state index in [0.717, 1.165) is 42.5 Å². The highest BCUT2D eigenvalue weighted by Crippen LogP contribution is 2.39. The van der Waals surface area contributed by atoms with Crippen LogP contribution in [-0.2, 0) is 17.6 Å². The Hall–Kier alpha value is -3.29. The fourth-order valence-corrected chi connectivity index (χ4v) is 3.88. The number of benzene rings is 1. The van der Waals surface area contributed by atoms with Crippen LogP contribution in [-0.4, -0.2) is 50.2 Å². The van der Waals surface area contributed by atoms with Gasteiger partial charge in [-0.25, -0.2) is 15.0 Å². The van der Waals surface area contributed by atoms with E-state index in [1.165, 1.54) is 12.8 Å². The zero-order valence-corrected chi connectivity index (χ0v) is 16.8. The quantitative estimate of drug-likeness (QED) is 0.626. The topological polar surface area (TPSA) is 99.7 Å². The van der Waals surface area contributed by atoms with Gasteiger partial charge in [-0.2, -0.15) is 5.10 Å². The van der Waals surface area contributed by atoms with Gasteiger partial charge in [0.2, 0.25) is 11.9 Å². The second-order valence-corrected chi connectivity index (χ2v) is 8.09. The highest BCUT2D eigenvalue weighted by atomic mass is 16.1. The molecule has 1 unspecified atom stereocenters. The predicted octanol–water partition coefficient (Wildman–Crippen LogP) is 2.00. The summed E-state index contributed by atoms with van der Waals surface area (Å²) in [5.41, 5.74) is 2.30. The van der Waals surface area contributed by atoms with Crippen molar-refractivity contribution in [2.24, 2.45) is 0 Å². The summed E-state index contributed by atoms with van der Waals surface area (Å²) >= 11 is 0. The summed E-state index contributed by atoms with van der Waals surface area (Å²) in [6.45, 7) is 1.58. The number of carbonyl (C=O) groups is 1. The Kier molecular flexibility index (Phi) is 5.13. The van der Waals surface area contributed by atoms with Gasteiger partial charge < -0.3 is 10.2 Å². The molecule has 30 heavy (non-hydrogen) atoms. The van der Waals surface area contributed by atoms with Gasteiger partial charge in [-0.1, -0.05) is 30.3 Å². The van der Waals surface area contributed by atoms with Crippen LogP contribution in [0.2, 0.25) is 0 Å². The van der Waals surface area contributed by atoms with Crippen molar-refractivity contribution in [2.45, 2.75) is 44.1 Å². The number of hydrogen-bond acceptors (Lipinski definition) is 6. The zero-order valence-electron chi connectivity index (χ0n) is 16.8. The number of rotatable bonds is 7. The third-order valence-electron chi connectivity index (χ3n) is 5.61. The highest BCUT2D eigenvalue weighted by molar-refractivity contribution is 5.78. The summed E-state index contributed by atoms with van der Waals surface area (Å²) < 4.78 is 0. The molecule has 5 rings (SSSR count). The van der Waals surface area contributed by atoms with Gasteiger partial charge in [0.15, 0.2) is 5.82 Å². The van der Waals surface area contributed by atoms with Crippen LogP contribution < -0.4 is 10.2 Å². The first-order valence-electron chi connectivity index (χ1n) is 10.5. The molecular formula is C22H25N7O. The van der Waals surface area contributed by atoms with Crippen LogP contribution in [0.15, 0.2) is 42.6 Å². The normalized spacial score (nSPS) is 18.5. The lowest BCUT2D eigenvalue weighted by molar-refractivity contribution is -0.121. The van der Waals surface area contributed by atoms with Gasteiger partial charge in [-0.3, -0.25) is 9.89 Å². The Labute approximate surface area is 175 Å². The van der Waals surface area contributed by atoms with Gasteiger partial charge in [0.05, 0.1) is 6.42 Å². The Morgan fingerprint density at radius 2 is 2.00 bits per heavy atom. The van der Waals surface area contributed by atoms with Crippen molar-refractivity contribution in [3.05, 3.63) is 65.5 Å². The number of nitrogens with zero attached hydrogens (tertiary/aromatic N) is 5. The summed E-state index contributed by atoms with van der Waals surface area (Å²) in [6, 6.07) is 12.2. The molecule has 0 bridgehead atoms. The fourth-order valence-electron chi connectivity index (χ4n) is 3.88. The van der Waals surface area contributed by atoms with E-state index in [2.05, 4.69) is 30.4 Å². The minimum atomic E-state index is -0.0558. The minimum absolute atomic E-state index is 0.0558. The van der Waals surface area contributed by atoms with Gasteiger partial charge in [0.1, 0.15) is 5.82 Å². The first kappa shape index (κ1) is 18.7. The Morgan fingerprint density at radius 3 is 2.83 bits per heavy atom. The van der Waals surface area contributed by atoms with E-state index in [9.17, 15) is 4.79 Å². The van der Waals surface area contributed by atoms with Crippen molar-refractivity contribution in [2.75, 3.05) is 18.0 Å². The molecule has 8 heteroatoms. The average molecular weight is 403 g/mol. The van der Waals surface area contributed by atoms with Crippen LogP contribution >= 0.6 is 0 Å². The maximum Gasteiger partial charge on any atom is 0.228 e. The van der Waals surface area contributed by atoms with Crippen LogP contribution in [0.25, 0.3) is 0 Å². The first-order valence-corrected chi connectivity index (χ1v) is 10.5. The number of hydrogen-bond donors (Lipinski definition) is 2. The van der Waals surface area contributed by atoms with Crippen molar-refractivity contribution >= 4 is 11.9 Å². The molecule has 1 aromatic carbocycles. The van der Waals surface area contributed by atoms with Gasteiger partial charge >= 0.3 is 0 Å². The number of nitrogens with one attached hydrogen (secondary N) is 2. The fraction of sp³-hybridized carbons (Fsp3) is 0.409. The van der Waals surface area contributed by atoms with Crippen LogP contribution in [0.5, 0.6) is 0 Å². The molecule has 1 atom stereocenters. The molecular weight excluding hydrogens is 378 g/mol. The summed E-state index contributed by atoms with van der Waals surface area (Å²) in [5, 5.41) is 10.2. The van der Waals surface area contributed by atoms with E-state index in [4.69, 9.17) is 4.98 Å². The summed E-state index contributed by atoms with van der Waals surface area (Å²) in [6.07, 6.45) is 6.03. The smallest absolute Gasteiger partial charge is 0.228 e. The number of amides is 1. The van der Waals surface area contributed by atoms with Crippen molar-refractivity contribution in [1.82, 2.24) is 30.5 Å². The SMILES string of the molecule is O=C(Cc1n[nH]c(Cc2ccccc2)n1)NC1CCN(c2nccc(C3CC3)n2)C1. The molecule has 2 N–H and O–H groups in total. The number of H-pyrrole nitrogens is 1. The first-order chi connectivity index (χ1) is 14.7. The lowest BCUT2D eigenvalue weighted by Crippen LogP contribution is -2.38. The monoisotopic (exact) mass is 403 g/mol. The molecule has 1 saturated carbocycles. The summed E-state index contributed by atoms with van der Waals surface area (Å²) in [5.74, 6) is 2.62. The molecule has 0 spiro atoms. The van der Waals surface area contributed by atoms with E-state index in [0.29, 0.717) is 18.2 Å². The maximum absolute atomic E-state index is 12.5. The molecule has 1 aliphatic carbocycles. The van der Waals surface area contributed by atoms with E-state index < -0.39 is 0 Å². The number of aromatic nitrogens is 5. The molecule has 3 heterocycles. The number of carbonyl (C=O) groups excluding carboxylic acids is 1. The van der Waals surface area contributed by atoms with Crippen LogP contribution in [0.3, 0.4) is 0 Å². The van der Waals surface area contributed by atoms with Crippen molar-refractivity contribution in [1.29, 1.82) is 0 Å². The minimum Gasteiger partial charge on any atom is -0.351 e. The number of aromatic amines is 1. The average Bonchev–Trinajstić information content (AvgIpc) is 3.37. The van der Waals surface area contributed by atoms with Gasteiger partial charge in [0, 0.05) is 43.4 Å². The van der Waals surface area contributed by atoms with Crippen molar-refractivity contribution in [3.8, 4) is 0 Å². The third kappa shape index (κ3) is 4.48. The van der Waals surface area contributed by atoms with Crippen molar-refractivity contribution in [3.63, 3.8) is 0 Å². The number of anilines is 1. The standard InChI is InChI=1S/C22H25N7O/c30-21(13-20-26-19(27-28-20)12-15-4-2-1-3-5-15)24-17-9-11-29(14-17)22-23-10-8-18(25-22)16-6-7-16/h1-5,8,10,16-17H,6-7,9,11-14H2,(H,24,30)(H,26,27,28). The molecule has 2 aliphatic rings. The Bertz CT molecular complexity index is 1020. The van der Waals surface area contributed by atoms with Gasteiger partial charge in [-0.15, -0.1) is 0 Å². The molecule has 2 aromatic heterocycles. The van der Waals surface area contributed by atoms with Gasteiger partial charge in [0.25, 0.3) is 0 Å². The second kappa shape index (κ2) is 8.22. The molecule has 1 saturated heterocycles. The molecule has 1 amide bonds. The lowest BCUT2D eigenvalue weighted by atomic mass is 10.1. The zero-order chi connectivity index (χ0) is 20.3. The van der Waals surface area contributed by atoms with Crippen LogP contribution in [0.1, 0.15) is 48.1 Å². The van der Waals surface area contributed by atoms with Crippen LogP contribution in [0, 0.1) is 0 Å². The molecule has 1 aliphatic heterocycles. The second-order valence-electron chi connectivity index (χ2n) is 8.09. The molecule has 8 nitrogen and oxygen atoms in total. The predicted molar refractivity (Wildman–Crippen MR) is 112 cm³/mol. The summed E-state index contributed by atoms with van der Waals surface area (Å²) in [4.78, 5) is 28.2. The molecule has 2 fully saturated rings. The lowest BCUT2D eigenvalue weighted by Gasteiger charge is -2.17. The maximum atomic E-state index is 12.5.